The Kier molecular flexibility index (Phi) is 5.35. The molecule has 0 bridgehead atoms. The van der Waals surface area contributed by atoms with Crippen molar-refractivity contribution in [3.05, 3.63) is 59.8 Å². The van der Waals surface area contributed by atoms with Gasteiger partial charge in [0.15, 0.2) is 0 Å². The van der Waals surface area contributed by atoms with Gasteiger partial charge in [-0.15, -0.1) is 0 Å². The molecule has 2 fully saturated rings. The van der Waals surface area contributed by atoms with Gasteiger partial charge in [0.05, 0.1) is 28.5 Å². The van der Waals surface area contributed by atoms with E-state index in [2.05, 4.69) is 22.8 Å². The van der Waals surface area contributed by atoms with E-state index in [1.54, 1.807) is 24.0 Å². The van der Waals surface area contributed by atoms with Crippen molar-refractivity contribution in [3.63, 3.8) is 0 Å². The van der Waals surface area contributed by atoms with Crippen LogP contribution in [0.1, 0.15) is 29.5 Å². The van der Waals surface area contributed by atoms with Crippen molar-refractivity contribution in [3.8, 4) is 17.2 Å². The number of carbonyl (C=O) groups excluding carboxylic acids is 1. The fourth-order valence-corrected chi connectivity index (χ4v) is 5.51. The molecule has 1 N–H and O–H groups in total. The SMILES string of the molecule is C=CC(=O)N1CC2(CCN(c3ccc(C(F)(F)F)c(-c4c(C)ccc5[nH]ncc45)c3C#N)CC2)C1. The number of aromatic amines is 1. The van der Waals surface area contributed by atoms with E-state index in [1.807, 2.05) is 4.90 Å². The minimum atomic E-state index is -4.63. The van der Waals surface area contributed by atoms with Gasteiger partial charge in [-0.2, -0.15) is 23.5 Å². The lowest BCUT2D eigenvalue weighted by Gasteiger charge is -2.54. The molecule has 180 valence electrons. The number of benzene rings is 2. The molecule has 0 atom stereocenters. The summed E-state index contributed by atoms with van der Waals surface area (Å²) in [6.45, 7) is 7.80. The lowest BCUT2D eigenvalue weighted by atomic mass is 9.71. The molecule has 3 heterocycles. The second-order valence-corrected chi connectivity index (χ2v) is 9.47. The van der Waals surface area contributed by atoms with Crippen LogP contribution < -0.4 is 4.90 Å². The van der Waals surface area contributed by atoms with E-state index < -0.39 is 11.7 Å². The monoisotopic (exact) mass is 479 g/mol. The maximum absolute atomic E-state index is 14.2. The molecule has 1 aromatic heterocycles. The molecule has 0 unspecified atom stereocenters. The Bertz CT molecular complexity index is 1370. The van der Waals surface area contributed by atoms with Crippen molar-refractivity contribution >= 4 is 22.5 Å². The third-order valence-electron chi connectivity index (χ3n) is 7.39. The number of H-pyrrole nitrogens is 1. The number of aryl methyl sites for hydroxylation is 1. The lowest BCUT2D eigenvalue weighted by molar-refractivity contribution is -0.139. The standard InChI is InChI=1S/C26H24F3N5O/c1-3-22(35)34-14-25(15-34)8-10-33(11-9-25)21-7-5-19(26(27,28)29)24(17(21)12-30)23-16(2)4-6-20-18(23)13-31-32-20/h3-7,13H,1,8-11,14-15H2,2H3,(H,31,32). The molecule has 2 aliphatic heterocycles. The molecule has 0 aliphatic carbocycles. The van der Waals surface area contributed by atoms with E-state index in [0.717, 1.165) is 18.9 Å². The third-order valence-corrected chi connectivity index (χ3v) is 7.39. The Labute approximate surface area is 200 Å². The Hall–Kier alpha value is -3.80. The van der Waals surface area contributed by atoms with Crippen LogP contribution in [0.3, 0.4) is 0 Å². The van der Waals surface area contributed by atoms with Crippen molar-refractivity contribution < 1.29 is 18.0 Å². The Balaban J connectivity index is 1.56. The Morgan fingerprint density at radius 2 is 1.91 bits per heavy atom. The summed E-state index contributed by atoms with van der Waals surface area (Å²) in [7, 11) is 0. The summed E-state index contributed by atoms with van der Waals surface area (Å²) in [4.78, 5) is 15.6. The lowest BCUT2D eigenvalue weighted by Crippen LogP contribution is -2.61. The second-order valence-electron chi connectivity index (χ2n) is 9.47. The van der Waals surface area contributed by atoms with Crippen molar-refractivity contribution in [1.82, 2.24) is 15.1 Å². The van der Waals surface area contributed by atoms with E-state index in [-0.39, 0.29) is 22.4 Å². The molecule has 0 saturated carbocycles. The van der Waals surface area contributed by atoms with Crippen LogP contribution in [0, 0.1) is 23.7 Å². The van der Waals surface area contributed by atoms with Crippen molar-refractivity contribution in [1.29, 1.82) is 5.26 Å². The number of amides is 1. The second kappa shape index (κ2) is 8.15. The summed E-state index contributed by atoms with van der Waals surface area (Å²) in [5, 5.41) is 17.5. The summed E-state index contributed by atoms with van der Waals surface area (Å²) in [5.41, 5.74) is 1.22. The highest BCUT2D eigenvalue weighted by Gasteiger charge is 2.46. The fraction of sp³-hybridized carbons (Fsp3) is 0.346. The normalized spacial score (nSPS) is 17.3. The van der Waals surface area contributed by atoms with Gasteiger partial charge in [-0.05, 0) is 55.2 Å². The number of likely N-dealkylation sites (tertiary alicyclic amines) is 1. The maximum atomic E-state index is 14.2. The van der Waals surface area contributed by atoms with Crippen molar-refractivity contribution in [2.24, 2.45) is 5.41 Å². The first-order valence-electron chi connectivity index (χ1n) is 11.4. The molecule has 9 heteroatoms. The van der Waals surface area contributed by atoms with Gasteiger partial charge in [-0.3, -0.25) is 9.89 Å². The minimum Gasteiger partial charge on any atom is -0.370 e. The molecule has 6 nitrogen and oxygen atoms in total. The van der Waals surface area contributed by atoms with Gasteiger partial charge in [-0.1, -0.05) is 12.6 Å². The summed E-state index contributed by atoms with van der Waals surface area (Å²) in [6.07, 6.45) is -0.218. The highest BCUT2D eigenvalue weighted by atomic mass is 19.4. The molecular formula is C26H24F3N5O. The number of hydrogen-bond donors (Lipinski definition) is 1. The predicted molar refractivity (Wildman–Crippen MR) is 127 cm³/mol. The smallest absolute Gasteiger partial charge is 0.370 e. The van der Waals surface area contributed by atoms with Crippen LogP contribution >= 0.6 is 0 Å². The molecule has 35 heavy (non-hydrogen) atoms. The number of carbonyl (C=O) groups is 1. The van der Waals surface area contributed by atoms with Crippen LogP contribution in [-0.4, -0.2) is 47.2 Å². The third kappa shape index (κ3) is 3.73. The Morgan fingerprint density at radius 1 is 1.20 bits per heavy atom. The van der Waals surface area contributed by atoms with Gasteiger partial charge in [0.1, 0.15) is 6.07 Å². The van der Waals surface area contributed by atoms with E-state index in [9.17, 15) is 23.2 Å². The highest BCUT2D eigenvalue weighted by Crippen LogP contribution is 2.47. The number of fused-ring (bicyclic) bond motifs is 1. The molecule has 5 rings (SSSR count). The van der Waals surface area contributed by atoms with E-state index in [4.69, 9.17) is 0 Å². The highest BCUT2D eigenvalue weighted by molar-refractivity contribution is 6.00. The zero-order valence-corrected chi connectivity index (χ0v) is 19.2. The molecule has 2 saturated heterocycles. The number of alkyl halides is 3. The number of nitriles is 1. The van der Waals surface area contributed by atoms with Gasteiger partial charge >= 0.3 is 6.18 Å². The molecule has 2 aromatic carbocycles. The number of halogens is 3. The van der Waals surface area contributed by atoms with Crippen LogP contribution in [-0.2, 0) is 11.0 Å². The molecule has 2 aliphatic rings. The quantitative estimate of drug-likeness (QED) is 0.534. The predicted octanol–water partition coefficient (Wildman–Crippen LogP) is 5.04. The fourth-order valence-electron chi connectivity index (χ4n) is 5.51. The Morgan fingerprint density at radius 3 is 2.54 bits per heavy atom. The maximum Gasteiger partial charge on any atom is 0.417 e. The van der Waals surface area contributed by atoms with Crippen LogP contribution in [0.2, 0.25) is 0 Å². The number of nitrogens with one attached hydrogen (secondary N) is 1. The molecule has 3 aromatic rings. The average Bonchev–Trinajstić information content (AvgIpc) is 3.29. The van der Waals surface area contributed by atoms with E-state index >= 15 is 0 Å². The zero-order chi connectivity index (χ0) is 25.0. The van der Waals surface area contributed by atoms with Gasteiger partial charge in [0, 0.05) is 42.5 Å². The van der Waals surface area contributed by atoms with Gasteiger partial charge in [0.25, 0.3) is 0 Å². The first-order chi connectivity index (χ1) is 16.7. The van der Waals surface area contributed by atoms with Crippen LogP contribution in [0.4, 0.5) is 18.9 Å². The summed E-state index contributed by atoms with van der Waals surface area (Å²) in [5.74, 6) is -0.0824. The molecule has 1 spiro atoms. The van der Waals surface area contributed by atoms with Crippen LogP contribution in [0.5, 0.6) is 0 Å². The van der Waals surface area contributed by atoms with Gasteiger partial charge in [-0.25, -0.2) is 0 Å². The topological polar surface area (TPSA) is 76.0 Å². The van der Waals surface area contributed by atoms with Crippen molar-refractivity contribution in [2.75, 3.05) is 31.1 Å². The van der Waals surface area contributed by atoms with Gasteiger partial charge < -0.3 is 9.80 Å². The molecule has 0 radical (unpaired) electrons. The summed E-state index contributed by atoms with van der Waals surface area (Å²) < 4.78 is 42.5. The van der Waals surface area contributed by atoms with Crippen molar-refractivity contribution in [2.45, 2.75) is 25.9 Å². The largest absolute Gasteiger partial charge is 0.417 e. The molecular weight excluding hydrogens is 455 g/mol. The minimum absolute atomic E-state index is 0.0182. The van der Waals surface area contributed by atoms with Gasteiger partial charge in [0.2, 0.25) is 5.91 Å². The van der Waals surface area contributed by atoms with Crippen LogP contribution in [0.25, 0.3) is 22.0 Å². The number of nitrogens with zero attached hydrogens (tertiary/aromatic N) is 4. The number of aromatic nitrogens is 2. The van der Waals surface area contributed by atoms with Crippen LogP contribution in [0.15, 0.2) is 43.1 Å². The van der Waals surface area contributed by atoms with E-state index in [1.165, 1.54) is 18.3 Å². The number of rotatable bonds is 3. The first-order valence-corrected chi connectivity index (χ1v) is 11.4. The first kappa shape index (κ1) is 23.0. The zero-order valence-electron chi connectivity index (χ0n) is 19.2. The average molecular weight is 480 g/mol. The number of hydrogen-bond acceptors (Lipinski definition) is 4. The summed E-state index contributed by atoms with van der Waals surface area (Å²) >= 11 is 0. The summed E-state index contributed by atoms with van der Waals surface area (Å²) in [6, 6.07) is 8.11. The number of piperidine rings is 1. The van der Waals surface area contributed by atoms with E-state index in [0.29, 0.717) is 53.9 Å². The molecule has 1 amide bonds. The number of anilines is 1.